The summed E-state index contributed by atoms with van der Waals surface area (Å²) in [4.78, 5) is 9.59. The first-order valence-corrected chi connectivity index (χ1v) is 4.03. The lowest BCUT2D eigenvalue weighted by Crippen LogP contribution is -1.95. The third-order valence-electron chi connectivity index (χ3n) is 1.43. The first-order valence-electron chi connectivity index (χ1n) is 3.24. The zero-order valence-corrected chi connectivity index (χ0v) is 8.17. The average Bonchev–Trinajstić information content (AvgIpc) is 2.04. The Balaban J connectivity index is 3.38. The summed E-state index contributed by atoms with van der Waals surface area (Å²) < 4.78 is 17.7. The molecule has 13 heavy (non-hydrogen) atoms. The topological polar surface area (TPSA) is 52.4 Å². The molecule has 0 saturated heterocycles. The van der Waals surface area contributed by atoms with Gasteiger partial charge in [0.15, 0.2) is 0 Å². The Hall–Kier alpha value is -1.17. The molecule has 0 radical (unpaired) electrons. The van der Waals surface area contributed by atoms with Gasteiger partial charge in [-0.25, -0.2) is 0 Å². The van der Waals surface area contributed by atoms with E-state index in [4.69, 9.17) is 4.74 Å². The molecule has 0 heterocycles. The van der Waals surface area contributed by atoms with Gasteiger partial charge >= 0.3 is 5.69 Å². The number of hydrogen-bond donors (Lipinski definition) is 0. The number of methoxy groups -OCH3 is 1. The smallest absolute Gasteiger partial charge is 0.322 e. The van der Waals surface area contributed by atoms with Crippen LogP contribution in [-0.4, -0.2) is 12.0 Å². The van der Waals surface area contributed by atoms with Gasteiger partial charge in [-0.3, -0.25) is 10.1 Å². The molecule has 0 aliphatic heterocycles. The van der Waals surface area contributed by atoms with Gasteiger partial charge in [0.1, 0.15) is 10.2 Å². The molecule has 0 saturated carbocycles. The van der Waals surface area contributed by atoms with Crippen LogP contribution in [0.2, 0.25) is 0 Å². The lowest BCUT2D eigenvalue weighted by atomic mass is 10.3. The number of halogens is 2. The van der Waals surface area contributed by atoms with Crippen molar-refractivity contribution in [2.75, 3.05) is 7.11 Å². The standard InChI is InChI=1S/C7H5BrFNO3/c1-13-5-3-2-4(9)7(6(5)8)10(11)12/h2-3H,1H3. The molecule has 70 valence electrons. The summed E-state index contributed by atoms with van der Waals surface area (Å²) in [5.74, 6) is -0.661. The maximum atomic E-state index is 12.9. The summed E-state index contributed by atoms with van der Waals surface area (Å²) in [5, 5.41) is 10.4. The molecule has 0 aromatic heterocycles. The van der Waals surface area contributed by atoms with E-state index in [1.165, 1.54) is 13.2 Å². The summed E-state index contributed by atoms with van der Waals surface area (Å²) in [6.45, 7) is 0. The molecule has 0 unspecified atom stereocenters. The Labute approximate surface area is 81.6 Å². The van der Waals surface area contributed by atoms with Crippen molar-refractivity contribution in [1.29, 1.82) is 0 Å². The number of nitro groups is 1. The second-order valence-electron chi connectivity index (χ2n) is 2.17. The average molecular weight is 250 g/mol. The first kappa shape index (κ1) is 9.91. The van der Waals surface area contributed by atoms with E-state index in [1.807, 2.05) is 0 Å². The molecule has 0 spiro atoms. The fourth-order valence-electron chi connectivity index (χ4n) is 0.847. The van der Waals surface area contributed by atoms with Crippen molar-refractivity contribution in [3.63, 3.8) is 0 Å². The molecule has 1 aromatic rings. The Morgan fingerprint density at radius 2 is 2.23 bits per heavy atom. The van der Waals surface area contributed by atoms with Crippen LogP contribution < -0.4 is 4.74 Å². The SMILES string of the molecule is COc1ccc(F)c([N+](=O)[O-])c1Br. The predicted molar refractivity (Wildman–Crippen MR) is 47.3 cm³/mol. The third-order valence-corrected chi connectivity index (χ3v) is 2.20. The number of hydrogen-bond acceptors (Lipinski definition) is 3. The van der Waals surface area contributed by atoms with E-state index in [9.17, 15) is 14.5 Å². The van der Waals surface area contributed by atoms with E-state index in [1.54, 1.807) is 0 Å². The third kappa shape index (κ3) is 1.77. The highest BCUT2D eigenvalue weighted by Crippen LogP contribution is 2.35. The molecule has 1 rings (SSSR count). The summed E-state index contributed by atoms with van der Waals surface area (Å²) in [6, 6.07) is 2.30. The van der Waals surface area contributed by atoms with Gasteiger partial charge in [-0.2, -0.15) is 4.39 Å². The summed E-state index contributed by atoms with van der Waals surface area (Å²) in [6.07, 6.45) is 0. The molecule has 0 bridgehead atoms. The van der Waals surface area contributed by atoms with Gasteiger partial charge in [0, 0.05) is 0 Å². The van der Waals surface area contributed by atoms with Gasteiger partial charge < -0.3 is 4.74 Å². The lowest BCUT2D eigenvalue weighted by molar-refractivity contribution is -0.388. The molecule has 6 heteroatoms. The van der Waals surface area contributed by atoms with Gasteiger partial charge in [0.2, 0.25) is 5.82 Å². The predicted octanol–water partition coefficient (Wildman–Crippen LogP) is 2.51. The largest absolute Gasteiger partial charge is 0.495 e. The molecule has 0 atom stereocenters. The molecule has 0 aliphatic carbocycles. The minimum atomic E-state index is -0.891. The quantitative estimate of drug-likeness (QED) is 0.598. The van der Waals surface area contributed by atoms with Gasteiger partial charge in [-0.1, -0.05) is 0 Å². The zero-order chi connectivity index (χ0) is 10.0. The highest BCUT2D eigenvalue weighted by Gasteiger charge is 2.21. The van der Waals surface area contributed by atoms with Gasteiger partial charge in [0.05, 0.1) is 12.0 Å². The number of benzene rings is 1. The Bertz CT molecular complexity index is 356. The Kier molecular flexibility index (Phi) is 2.82. The van der Waals surface area contributed by atoms with E-state index in [0.29, 0.717) is 0 Å². The van der Waals surface area contributed by atoms with Crippen LogP contribution in [0.25, 0.3) is 0 Å². The molecule has 0 amide bonds. The highest BCUT2D eigenvalue weighted by molar-refractivity contribution is 9.10. The fourth-order valence-corrected chi connectivity index (χ4v) is 1.48. The first-order chi connectivity index (χ1) is 6.07. The maximum absolute atomic E-state index is 12.9. The van der Waals surface area contributed by atoms with Crippen molar-refractivity contribution in [2.45, 2.75) is 0 Å². The Morgan fingerprint density at radius 3 is 2.69 bits per heavy atom. The molecule has 1 aromatic carbocycles. The van der Waals surface area contributed by atoms with Gasteiger partial charge in [-0.05, 0) is 28.1 Å². The van der Waals surface area contributed by atoms with Crippen molar-refractivity contribution in [3.8, 4) is 5.75 Å². The second kappa shape index (κ2) is 3.69. The van der Waals surface area contributed by atoms with Crippen LogP contribution in [-0.2, 0) is 0 Å². The van der Waals surface area contributed by atoms with E-state index < -0.39 is 16.4 Å². The van der Waals surface area contributed by atoms with Crippen LogP contribution in [0.15, 0.2) is 16.6 Å². The van der Waals surface area contributed by atoms with Gasteiger partial charge in [0.25, 0.3) is 0 Å². The molecular formula is C7H5BrFNO3. The normalized spacial score (nSPS) is 9.77. The van der Waals surface area contributed by atoms with Crippen LogP contribution >= 0.6 is 15.9 Å². The van der Waals surface area contributed by atoms with Crippen molar-refractivity contribution >= 4 is 21.6 Å². The highest BCUT2D eigenvalue weighted by atomic mass is 79.9. The van der Waals surface area contributed by atoms with Crippen molar-refractivity contribution < 1.29 is 14.1 Å². The number of ether oxygens (including phenoxy) is 1. The van der Waals surface area contributed by atoms with E-state index in [0.717, 1.165) is 6.07 Å². The lowest BCUT2D eigenvalue weighted by Gasteiger charge is -2.03. The van der Waals surface area contributed by atoms with E-state index in [-0.39, 0.29) is 10.2 Å². The number of nitrogens with zero attached hydrogens (tertiary/aromatic N) is 1. The minimum absolute atomic E-state index is 0.0139. The molecule has 0 N–H and O–H groups in total. The van der Waals surface area contributed by atoms with E-state index in [2.05, 4.69) is 15.9 Å². The van der Waals surface area contributed by atoms with Crippen LogP contribution in [0.5, 0.6) is 5.75 Å². The van der Waals surface area contributed by atoms with Crippen molar-refractivity contribution in [1.82, 2.24) is 0 Å². The van der Waals surface area contributed by atoms with Crippen LogP contribution in [0, 0.1) is 15.9 Å². The summed E-state index contributed by atoms with van der Waals surface area (Å²) in [7, 11) is 1.35. The Morgan fingerprint density at radius 1 is 1.62 bits per heavy atom. The maximum Gasteiger partial charge on any atom is 0.322 e. The second-order valence-corrected chi connectivity index (χ2v) is 2.96. The van der Waals surface area contributed by atoms with Crippen LogP contribution in [0.1, 0.15) is 0 Å². The van der Waals surface area contributed by atoms with Crippen LogP contribution in [0.3, 0.4) is 0 Å². The zero-order valence-electron chi connectivity index (χ0n) is 6.58. The summed E-state index contributed by atoms with van der Waals surface area (Å²) >= 11 is 2.89. The molecule has 0 fully saturated rings. The van der Waals surface area contributed by atoms with Crippen molar-refractivity contribution in [2.24, 2.45) is 0 Å². The summed E-state index contributed by atoms with van der Waals surface area (Å²) in [5.41, 5.74) is -0.612. The monoisotopic (exact) mass is 249 g/mol. The molecular weight excluding hydrogens is 245 g/mol. The molecule has 4 nitrogen and oxygen atoms in total. The van der Waals surface area contributed by atoms with E-state index >= 15 is 0 Å². The minimum Gasteiger partial charge on any atom is -0.495 e. The molecule has 0 aliphatic rings. The van der Waals surface area contributed by atoms with Gasteiger partial charge in [-0.15, -0.1) is 0 Å². The van der Waals surface area contributed by atoms with Crippen LogP contribution in [0.4, 0.5) is 10.1 Å². The van der Waals surface area contributed by atoms with Crippen molar-refractivity contribution in [3.05, 3.63) is 32.5 Å². The number of nitro benzene ring substituents is 1. The fraction of sp³-hybridized carbons (Fsp3) is 0.143. The number of rotatable bonds is 2.